The van der Waals surface area contributed by atoms with Gasteiger partial charge in [0.1, 0.15) is 5.69 Å². The highest BCUT2D eigenvalue weighted by Crippen LogP contribution is 2.22. The zero-order valence-electron chi connectivity index (χ0n) is 12.2. The number of thiocarbonyl (C=S) groups is 1. The topological polar surface area (TPSA) is 88.5 Å². The van der Waals surface area contributed by atoms with Crippen LogP contribution in [0.1, 0.15) is 12.8 Å². The van der Waals surface area contributed by atoms with Gasteiger partial charge in [-0.05, 0) is 31.1 Å². The normalized spacial score (nSPS) is 17.0. The van der Waals surface area contributed by atoms with Crippen LogP contribution >= 0.6 is 12.2 Å². The van der Waals surface area contributed by atoms with E-state index in [9.17, 15) is 10.1 Å². The van der Waals surface area contributed by atoms with Crippen LogP contribution in [0, 0.1) is 10.1 Å². The lowest BCUT2D eigenvalue weighted by atomic mass is 10.2. The summed E-state index contributed by atoms with van der Waals surface area (Å²) in [6.45, 7) is 2.64. The molecule has 0 aliphatic carbocycles. The van der Waals surface area contributed by atoms with E-state index < -0.39 is 4.92 Å². The standard InChI is InChI=1S/C14H20N4O3S/c19-18(20)13-6-2-1-5-12(13)15-7-8-16-14(22)17-10-11-4-3-9-21-11/h1-2,5-6,11,15H,3-4,7-10H2,(H2,16,17,22)/t11-/m1/s1. The number of nitro groups is 1. The van der Waals surface area contributed by atoms with Gasteiger partial charge >= 0.3 is 0 Å². The molecule has 1 aliphatic rings. The van der Waals surface area contributed by atoms with E-state index in [1.807, 2.05) is 0 Å². The molecule has 22 heavy (non-hydrogen) atoms. The number of ether oxygens (including phenoxy) is 1. The van der Waals surface area contributed by atoms with Crippen LogP contribution in [0.5, 0.6) is 0 Å². The van der Waals surface area contributed by atoms with E-state index in [2.05, 4.69) is 16.0 Å². The Kier molecular flexibility index (Phi) is 6.35. The lowest BCUT2D eigenvalue weighted by molar-refractivity contribution is -0.384. The average Bonchev–Trinajstić information content (AvgIpc) is 3.03. The van der Waals surface area contributed by atoms with Gasteiger partial charge in [-0.25, -0.2) is 0 Å². The summed E-state index contributed by atoms with van der Waals surface area (Å²) in [5.74, 6) is 0. The summed E-state index contributed by atoms with van der Waals surface area (Å²) in [6, 6.07) is 6.57. The monoisotopic (exact) mass is 324 g/mol. The molecule has 7 nitrogen and oxygen atoms in total. The summed E-state index contributed by atoms with van der Waals surface area (Å²) in [5, 5.41) is 20.7. The lowest BCUT2D eigenvalue weighted by Gasteiger charge is -2.14. The van der Waals surface area contributed by atoms with Gasteiger partial charge in [0, 0.05) is 32.3 Å². The number of benzene rings is 1. The van der Waals surface area contributed by atoms with E-state index in [0.29, 0.717) is 30.4 Å². The molecule has 1 atom stereocenters. The fourth-order valence-corrected chi connectivity index (χ4v) is 2.42. The Morgan fingerprint density at radius 3 is 2.91 bits per heavy atom. The Morgan fingerprint density at radius 2 is 2.18 bits per heavy atom. The van der Waals surface area contributed by atoms with Crippen LogP contribution in [-0.4, -0.2) is 42.4 Å². The van der Waals surface area contributed by atoms with Gasteiger partial charge in [-0.1, -0.05) is 12.1 Å². The second-order valence-corrected chi connectivity index (χ2v) is 5.38. The van der Waals surface area contributed by atoms with Crippen molar-refractivity contribution < 1.29 is 9.66 Å². The third kappa shape index (κ3) is 5.12. The Bertz CT molecular complexity index is 521. The molecule has 0 spiro atoms. The van der Waals surface area contributed by atoms with E-state index in [1.165, 1.54) is 6.07 Å². The number of nitro benzene ring substituents is 1. The smallest absolute Gasteiger partial charge is 0.292 e. The minimum Gasteiger partial charge on any atom is -0.378 e. The molecular weight excluding hydrogens is 304 g/mol. The fourth-order valence-electron chi connectivity index (χ4n) is 2.23. The summed E-state index contributed by atoms with van der Waals surface area (Å²) in [6.07, 6.45) is 2.41. The van der Waals surface area contributed by atoms with Crippen molar-refractivity contribution in [3.05, 3.63) is 34.4 Å². The highest BCUT2D eigenvalue weighted by atomic mass is 32.1. The first-order valence-corrected chi connectivity index (χ1v) is 7.68. The zero-order valence-corrected chi connectivity index (χ0v) is 13.0. The van der Waals surface area contributed by atoms with Gasteiger partial charge in [-0.2, -0.15) is 0 Å². The third-order valence-electron chi connectivity index (χ3n) is 3.34. The predicted octanol–water partition coefficient (Wildman–Crippen LogP) is 1.65. The summed E-state index contributed by atoms with van der Waals surface area (Å²) < 4.78 is 5.50. The molecule has 1 fully saturated rings. The number of rotatable bonds is 7. The first kappa shape index (κ1) is 16.4. The van der Waals surface area contributed by atoms with Crippen LogP contribution in [0.2, 0.25) is 0 Å². The molecule has 1 aromatic rings. The van der Waals surface area contributed by atoms with Crippen molar-refractivity contribution >= 4 is 28.7 Å². The maximum Gasteiger partial charge on any atom is 0.292 e. The Hall–Kier alpha value is -1.93. The molecule has 0 unspecified atom stereocenters. The molecule has 0 aromatic heterocycles. The van der Waals surface area contributed by atoms with Crippen LogP contribution in [0.15, 0.2) is 24.3 Å². The van der Waals surface area contributed by atoms with Crippen molar-refractivity contribution in [1.29, 1.82) is 0 Å². The number of hydrogen-bond donors (Lipinski definition) is 3. The Morgan fingerprint density at radius 1 is 1.36 bits per heavy atom. The first-order valence-electron chi connectivity index (χ1n) is 7.27. The SMILES string of the molecule is O=[N+]([O-])c1ccccc1NCCNC(=S)NC[C@H]1CCCO1. The second-order valence-electron chi connectivity index (χ2n) is 4.97. The van der Waals surface area contributed by atoms with Crippen molar-refractivity contribution in [3.8, 4) is 0 Å². The molecule has 3 N–H and O–H groups in total. The summed E-state index contributed by atoms with van der Waals surface area (Å²) in [4.78, 5) is 10.5. The van der Waals surface area contributed by atoms with Gasteiger partial charge in [0.15, 0.2) is 5.11 Å². The number of nitrogens with one attached hydrogen (secondary N) is 3. The molecule has 0 amide bonds. The minimum atomic E-state index is -0.399. The molecule has 0 bridgehead atoms. The van der Waals surface area contributed by atoms with Crippen LogP contribution in [0.4, 0.5) is 11.4 Å². The maximum absolute atomic E-state index is 10.9. The van der Waals surface area contributed by atoms with Crippen LogP contribution in [0.25, 0.3) is 0 Å². The summed E-state index contributed by atoms with van der Waals surface area (Å²) in [7, 11) is 0. The molecule has 1 aromatic carbocycles. The quantitative estimate of drug-likeness (QED) is 0.304. The van der Waals surface area contributed by atoms with Gasteiger partial charge in [-0.3, -0.25) is 10.1 Å². The maximum atomic E-state index is 10.9. The van der Waals surface area contributed by atoms with E-state index in [4.69, 9.17) is 17.0 Å². The molecule has 8 heteroatoms. The van der Waals surface area contributed by atoms with E-state index >= 15 is 0 Å². The molecule has 1 aliphatic heterocycles. The first-order chi connectivity index (χ1) is 10.7. The fraction of sp³-hybridized carbons (Fsp3) is 0.500. The van der Waals surface area contributed by atoms with E-state index in [0.717, 1.165) is 19.4 Å². The number of hydrogen-bond acceptors (Lipinski definition) is 5. The largest absolute Gasteiger partial charge is 0.378 e. The summed E-state index contributed by atoms with van der Waals surface area (Å²) >= 11 is 5.17. The minimum absolute atomic E-state index is 0.0709. The van der Waals surface area contributed by atoms with Crippen molar-refractivity contribution in [2.75, 3.05) is 31.6 Å². The van der Waals surface area contributed by atoms with E-state index in [1.54, 1.807) is 18.2 Å². The molecule has 0 saturated carbocycles. The van der Waals surface area contributed by atoms with E-state index in [-0.39, 0.29) is 11.8 Å². The molecule has 1 saturated heterocycles. The third-order valence-corrected chi connectivity index (χ3v) is 3.63. The van der Waals surface area contributed by atoms with Gasteiger partial charge < -0.3 is 20.7 Å². The van der Waals surface area contributed by atoms with Crippen molar-refractivity contribution in [1.82, 2.24) is 10.6 Å². The Balaban J connectivity index is 1.64. The summed E-state index contributed by atoms with van der Waals surface area (Å²) in [5.41, 5.74) is 0.578. The molecular formula is C14H20N4O3S. The molecule has 0 radical (unpaired) electrons. The highest BCUT2D eigenvalue weighted by Gasteiger charge is 2.15. The molecule has 120 valence electrons. The highest BCUT2D eigenvalue weighted by molar-refractivity contribution is 7.80. The van der Waals surface area contributed by atoms with Crippen molar-refractivity contribution in [3.63, 3.8) is 0 Å². The van der Waals surface area contributed by atoms with Crippen molar-refractivity contribution in [2.24, 2.45) is 0 Å². The van der Waals surface area contributed by atoms with Crippen molar-refractivity contribution in [2.45, 2.75) is 18.9 Å². The van der Waals surface area contributed by atoms with Crippen LogP contribution in [-0.2, 0) is 4.74 Å². The average molecular weight is 324 g/mol. The zero-order chi connectivity index (χ0) is 15.8. The number of anilines is 1. The van der Waals surface area contributed by atoms with Gasteiger partial charge in [-0.15, -0.1) is 0 Å². The molecule has 2 rings (SSSR count). The van der Waals surface area contributed by atoms with Gasteiger partial charge in [0.25, 0.3) is 5.69 Å². The second kappa shape index (κ2) is 8.50. The Labute approximate surface area is 134 Å². The van der Waals surface area contributed by atoms with Crippen LogP contribution < -0.4 is 16.0 Å². The lowest BCUT2D eigenvalue weighted by Crippen LogP contribution is -2.41. The molecule has 1 heterocycles. The number of nitrogens with zero attached hydrogens (tertiary/aromatic N) is 1. The van der Waals surface area contributed by atoms with Gasteiger partial charge in [0.2, 0.25) is 0 Å². The predicted molar refractivity (Wildman–Crippen MR) is 89.2 cm³/mol. The number of para-hydroxylation sites is 2. The van der Waals surface area contributed by atoms with Crippen LogP contribution in [0.3, 0.4) is 0 Å². The van der Waals surface area contributed by atoms with Gasteiger partial charge in [0.05, 0.1) is 11.0 Å².